The molecule has 1 aromatic rings. The molecule has 0 aliphatic rings. The highest BCUT2D eigenvalue weighted by Gasteiger charge is 2.28. The van der Waals surface area contributed by atoms with Gasteiger partial charge in [-0.15, -0.1) is 0 Å². The van der Waals surface area contributed by atoms with Crippen LogP contribution in [-0.4, -0.2) is 25.2 Å². The molecule has 0 radical (unpaired) electrons. The SMILES string of the molecule is COC(=O)C(C)(N)CCCCOc1c(C)ccc(C)c1C. The number of esters is 1. The minimum Gasteiger partial charge on any atom is -0.493 e. The van der Waals surface area contributed by atoms with E-state index in [2.05, 4.69) is 32.9 Å². The van der Waals surface area contributed by atoms with E-state index >= 15 is 0 Å². The maximum Gasteiger partial charge on any atom is 0.325 e. The summed E-state index contributed by atoms with van der Waals surface area (Å²) in [4.78, 5) is 11.5. The van der Waals surface area contributed by atoms with Gasteiger partial charge in [0, 0.05) is 0 Å². The second-order valence-corrected chi connectivity index (χ2v) is 5.87. The first-order chi connectivity index (χ1) is 9.79. The first kappa shape index (κ1) is 17.5. The molecule has 1 aromatic carbocycles. The zero-order chi connectivity index (χ0) is 16.0. The highest BCUT2D eigenvalue weighted by atomic mass is 16.5. The third-order valence-electron chi connectivity index (χ3n) is 3.86. The molecule has 0 aromatic heterocycles. The third kappa shape index (κ3) is 4.74. The van der Waals surface area contributed by atoms with Crippen LogP contribution in [-0.2, 0) is 9.53 Å². The topological polar surface area (TPSA) is 61.5 Å². The van der Waals surface area contributed by atoms with E-state index < -0.39 is 5.54 Å². The van der Waals surface area contributed by atoms with Gasteiger partial charge in [0.1, 0.15) is 11.3 Å². The monoisotopic (exact) mass is 293 g/mol. The Morgan fingerprint density at radius 2 is 1.81 bits per heavy atom. The summed E-state index contributed by atoms with van der Waals surface area (Å²) in [6.45, 7) is 8.54. The molecule has 0 saturated carbocycles. The van der Waals surface area contributed by atoms with E-state index in [9.17, 15) is 4.79 Å². The summed E-state index contributed by atoms with van der Waals surface area (Å²) >= 11 is 0. The number of unbranched alkanes of at least 4 members (excludes halogenated alkanes) is 1. The van der Waals surface area contributed by atoms with E-state index in [0.717, 1.165) is 24.2 Å². The lowest BCUT2D eigenvalue weighted by molar-refractivity contribution is -0.146. The molecule has 118 valence electrons. The van der Waals surface area contributed by atoms with E-state index in [1.54, 1.807) is 6.92 Å². The van der Waals surface area contributed by atoms with Crippen molar-refractivity contribution in [2.75, 3.05) is 13.7 Å². The molecule has 4 heteroatoms. The molecule has 0 fully saturated rings. The zero-order valence-corrected chi connectivity index (χ0v) is 13.8. The molecule has 0 aliphatic heterocycles. The van der Waals surface area contributed by atoms with Gasteiger partial charge in [0.25, 0.3) is 0 Å². The van der Waals surface area contributed by atoms with Gasteiger partial charge in [-0.3, -0.25) is 4.79 Å². The summed E-state index contributed by atoms with van der Waals surface area (Å²) in [6.07, 6.45) is 2.28. The van der Waals surface area contributed by atoms with Crippen LogP contribution in [0.1, 0.15) is 42.9 Å². The minimum atomic E-state index is -0.913. The third-order valence-corrected chi connectivity index (χ3v) is 3.86. The van der Waals surface area contributed by atoms with Gasteiger partial charge >= 0.3 is 5.97 Å². The fourth-order valence-electron chi connectivity index (χ4n) is 2.25. The standard InChI is InChI=1S/C17H27NO3/c1-12-8-9-13(2)15(14(12)3)21-11-7-6-10-17(4,18)16(19)20-5/h8-9H,6-7,10-11,18H2,1-5H3. The van der Waals surface area contributed by atoms with E-state index in [-0.39, 0.29) is 5.97 Å². The highest BCUT2D eigenvalue weighted by molar-refractivity contribution is 5.79. The summed E-state index contributed by atoms with van der Waals surface area (Å²) in [6, 6.07) is 4.18. The number of carbonyl (C=O) groups is 1. The van der Waals surface area contributed by atoms with Crippen molar-refractivity contribution >= 4 is 5.97 Å². The van der Waals surface area contributed by atoms with Crippen molar-refractivity contribution in [1.82, 2.24) is 0 Å². The fraction of sp³-hybridized carbons (Fsp3) is 0.588. The molecule has 0 aliphatic carbocycles. The predicted molar refractivity (Wildman–Crippen MR) is 84.6 cm³/mol. The molecule has 0 saturated heterocycles. The summed E-state index contributed by atoms with van der Waals surface area (Å²) in [7, 11) is 1.36. The number of benzene rings is 1. The average molecular weight is 293 g/mol. The Balaban J connectivity index is 2.42. The van der Waals surface area contributed by atoms with Crippen LogP contribution in [0.4, 0.5) is 0 Å². The second kappa shape index (κ2) is 7.46. The number of methoxy groups -OCH3 is 1. The maximum atomic E-state index is 11.5. The van der Waals surface area contributed by atoms with Crippen LogP contribution in [0.25, 0.3) is 0 Å². The number of hydrogen-bond donors (Lipinski definition) is 1. The summed E-state index contributed by atoms with van der Waals surface area (Å²) in [5.41, 5.74) is 8.57. The van der Waals surface area contributed by atoms with Crippen LogP contribution in [0.3, 0.4) is 0 Å². The van der Waals surface area contributed by atoms with Crippen molar-refractivity contribution in [1.29, 1.82) is 0 Å². The molecular weight excluding hydrogens is 266 g/mol. The fourth-order valence-corrected chi connectivity index (χ4v) is 2.25. The second-order valence-electron chi connectivity index (χ2n) is 5.87. The van der Waals surface area contributed by atoms with Crippen LogP contribution < -0.4 is 10.5 Å². The van der Waals surface area contributed by atoms with Crippen LogP contribution in [0, 0.1) is 20.8 Å². The molecule has 1 unspecified atom stereocenters. The van der Waals surface area contributed by atoms with Crippen molar-refractivity contribution in [2.45, 2.75) is 52.5 Å². The van der Waals surface area contributed by atoms with Gasteiger partial charge in [-0.25, -0.2) is 0 Å². The quantitative estimate of drug-likeness (QED) is 0.620. The van der Waals surface area contributed by atoms with Gasteiger partial charge in [-0.2, -0.15) is 0 Å². The molecule has 21 heavy (non-hydrogen) atoms. The number of rotatable bonds is 7. The first-order valence-corrected chi connectivity index (χ1v) is 7.36. The molecule has 0 spiro atoms. The summed E-state index contributed by atoms with van der Waals surface area (Å²) < 4.78 is 10.6. The van der Waals surface area contributed by atoms with Gasteiger partial charge in [0.15, 0.2) is 0 Å². The largest absolute Gasteiger partial charge is 0.493 e. The number of hydrogen-bond acceptors (Lipinski definition) is 4. The van der Waals surface area contributed by atoms with Gasteiger partial charge in [-0.05, 0) is 63.6 Å². The van der Waals surface area contributed by atoms with Gasteiger partial charge in [0.2, 0.25) is 0 Å². The normalized spacial score (nSPS) is 13.6. The molecule has 0 heterocycles. The molecule has 1 atom stereocenters. The Morgan fingerprint density at radius 1 is 1.19 bits per heavy atom. The van der Waals surface area contributed by atoms with Crippen molar-refractivity contribution in [3.05, 3.63) is 28.8 Å². The van der Waals surface area contributed by atoms with Gasteiger partial charge < -0.3 is 15.2 Å². The molecule has 0 amide bonds. The summed E-state index contributed by atoms with van der Waals surface area (Å²) in [5, 5.41) is 0. The Bertz CT molecular complexity index is 495. The van der Waals surface area contributed by atoms with E-state index in [1.807, 2.05) is 0 Å². The lowest BCUT2D eigenvalue weighted by atomic mass is 9.96. The van der Waals surface area contributed by atoms with Gasteiger partial charge in [-0.1, -0.05) is 12.1 Å². The van der Waals surface area contributed by atoms with Crippen molar-refractivity contribution in [3.63, 3.8) is 0 Å². The summed E-state index contributed by atoms with van der Waals surface area (Å²) in [5.74, 6) is 0.604. The molecular formula is C17H27NO3. The van der Waals surface area contributed by atoms with Crippen LogP contribution in [0.2, 0.25) is 0 Å². The Hall–Kier alpha value is -1.55. The Kier molecular flexibility index (Phi) is 6.21. The first-order valence-electron chi connectivity index (χ1n) is 7.36. The number of aryl methyl sites for hydroxylation is 2. The Labute approximate surface area is 127 Å². The smallest absolute Gasteiger partial charge is 0.325 e. The maximum absolute atomic E-state index is 11.5. The highest BCUT2D eigenvalue weighted by Crippen LogP contribution is 2.26. The van der Waals surface area contributed by atoms with Crippen LogP contribution in [0.5, 0.6) is 5.75 Å². The predicted octanol–water partition coefficient (Wildman–Crippen LogP) is 3.05. The van der Waals surface area contributed by atoms with E-state index in [1.165, 1.54) is 18.2 Å². The van der Waals surface area contributed by atoms with Crippen LogP contribution >= 0.6 is 0 Å². The number of ether oxygens (including phenoxy) is 2. The molecule has 1 rings (SSSR count). The zero-order valence-electron chi connectivity index (χ0n) is 13.8. The lowest BCUT2D eigenvalue weighted by Gasteiger charge is -2.21. The van der Waals surface area contributed by atoms with Crippen molar-refractivity contribution < 1.29 is 14.3 Å². The molecule has 2 N–H and O–H groups in total. The average Bonchev–Trinajstić information content (AvgIpc) is 2.45. The van der Waals surface area contributed by atoms with Crippen molar-refractivity contribution in [2.24, 2.45) is 5.73 Å². The molecule has 0 bridgehead atoms. The van der Waals surface area contributed by atoms with Crippen LogP contribution in [0.15, 0.2) is 12.1 Å². The Morgan fingerprint density at radius 3 is 2.43 bits per heavy atom. The lowest BCUT2D eigenvalue weighted by Crippen LogP contribution is -2.45. The molecule has 4 nitrogen and oxygen atoms in total. The van der Waals surface area contributed by atoms with E-state index in [4.69, 9.17) is 15.2 Å². The van der Waals surface area contributed by atoms with Gasteiger partial charge in [0.05, 0.1) is 13.7 Å². The van der Waals surface area contributed by atoms with Crippen molar-refractivity contribution in [3.8, 4) is 5.75 Å². The number of carbonyl (C=O) groups excluding carboxylic acids is 1. The number of nitrogens with two attached hydrogens (primary N) is 1. The minimum absolute atomic E-state index is 0.367. The van der Waals surface area contributed by atoms with E-state index in [0.29, 0.717) is 13.0 Å².